The van der Waals surface area contributed by atoms with Crippen LogP contribution in [0.4, 0.5) is 4.79 Å². The van der Waals surface area contributed by atoms with Gasteiger partial charge < -0.3 is 26.6 Å². The number of hydrogen-bond donors (Lipinski definition) is 4. The van der Waals surface area contributed by atoms with Crippen LogP contribution in [-0.2, 0) is 19.2 Å². The zero-order chi connectivity index (χ0) is 34.7. The summed E-state index contributed by atoms with van der Waals surface area (Å²) in [5, 5.41) is 7.64. The molecule has 1 unspecified atom stereocenters. The Morgan fingerprint density at radius 2 is 1.71 bits per heavy atom. The molecule has 0 spiro atoms. The molecule has 1 aliphatic heterocycles. The van der Waals surface area contributed by atoms with E-state index in [0.29, 0.717) is 12.8 Å². The Kier molecular flexibility index (Phi) is 5.85. The molecule has 0 radical (unpaired) electrons. The topological polar surface area (TPSA) is 151 Å². The van der Waals surface area contributed by atoms with E-state index < -0.39 is 96.1 Å². The van der Waals surface area contributed by atoms with Crippen LogP contribution in [0.15, 0.2) is 0 Å². The van der Waals surface area contributed by atoms with Gasteiger partial charge in [-0.15, -0.1) is 0 Å². The van der Waals surface area contributed by atoms with Crippen LogP contribution in [-0.4, -0.2) is 64.6 Å². The number of nitrogens with two attached hydrogens (primary N) is 1. The Hall–Kier alpha value is -2.65. The highest BCUT2D eigenvalue weighted by Gasteiger charge is 2.69. The highest BCUT2D eigenvalue weighted by atomic mass is 16.2. The zero-order valence-electron chi connectivity index (χ0n) is 30.2. The molecule has 38 heavy (non-hydrogen) atoms. The molecular weight excluding hydrogens is 486 g/mol. The minimum absolute atomic E-state index is 0.109. The van der Waals surface area contributed by atoms with E-state index in [-0.39, 0.29) is 18.8 Å². The lowest BCUT2D eigenvalue weighted by atomic mass is 9.80. The van der Waals surface area contributed by atoms with Crippen LogP contribution in [0.3, 0.4) is 0 Å². The fraction of sp³-hybridized carbons (Fsp3) is 0.821. The lowest BCUT2D eigenvalue weighted by Crippen LogP contribution is -2.60. The van der Waals surface area contributed by atoms with Gasteiger partial charge in [0.2, 0.25) is 17.6 Å². The highest BCUT2D eigenvalue weighted by Crippen LogP contribution is 2.65. The molecule has 10 nitrogen and oxygen atoms in total. The molecule has 5 N–H and O–H groups in total. The van der Waals surface area contributed by atoms with Gasteiger partial charge in [0.15, 0.2) is 0 Å². The molecular formula is C28H47N5O5. The Morgan fingerprint density at radius 1 is 1.08 bits per heavy atom. The number of rotatable bonds is 9. The van der Waals surface area contributed by atoms with Gasteiger partial charge in [-0.2, -0.15) is 0 Å². The third kappa shape index (κ3) is 6.86. The van der Waals surface area contributed by atoms with Crippen molar-refractivity contribution in [2.75, 3.05) is 6.54 Å². The molecule has 0 bridgehead atoms. The average molecular weight is 541 g/mol. The summed E-state index contributed by atoms with van der Waals surface area (Å²) in [6.45, 7) is 4.22. The molecule has 10 heteroatoms. The fourth-order valence-electron chi connectivity index (χ4n) is 5.37. The molecule has 5 atom stereocenters. The first-order valence-electron chi connectivity index (χ1n) is 16.7. The monoisotopic (exact) mass is 540 g/mol. The van der Waals surface area contributed by atoms with E-state index in [4.69, 9.17) is 15.3 Å². The first-order chi connectivity index (χ1) is 20.2. The van der Waals surface area contributed by atoms with Crippen LogP contribution < -0.4 is 21.7 Å². The van der Waals surface area contributed by atoms with Crippen LogP contribution in [0, 0.1) is 28.6 Å². The summed E-state index contributed by atoms with van der Waals surface area (Å²) in [6, 6.07) is -6.08. The number of nitrogens with zero attached hydrogens (tertiary/aromatic N) is 1. The van der Waals surface area contributed by atoms with Gasteiger partial charge in [0.25, 0.3) is 5.91 Å². The summed E-state index contributed by atoms with van der Waals surface area (Å²) in [4.78, 5) is 67.0. The number of nitrogens with one attached hydrogen (secondary N) is 3. The number of hydrogen-bond acceptors (Lipinski definition) is 5. The summed E-state index contributed by atoms with van der Waals surface area (Å²) < 4.78 is 57.9. The molecule has 2 aliphatic carbocycles. The second kappa shape index (κ2) is 10.5. The summed E-state index contributed by atoms with van der Waals surface area (Å²) in [5.74, 6) is -7.40. The first kappa shape index (κ1) is 21.2. The Balaban J connectivity index is 2.06. The molecule has 3 rings (SSSR count). The summed E-state index contributed by atoms with van der Waals surface area (Å²) in [7, 11) is 0. The minimum Gasteiger partial charge on any atom is -0.363 e. The van der Waals surface area contributed by atoms with E-state index in [1.54, 1.807) is 20.8 Å². The molecule has 0 aromatic carbocycles. The number of amides is 5. The quantitative estimate of drug-likeness (QED) is 0.330. The first-order valence-corrected chi connectivity index (χ1v) is 13.2. The van der Waals surface area contributed by atoms with Crippen LogP contribution >= 0.6 is 0 Å². The van der Waals surface area contributed by atoms with Gasteiger partial charge in [0, 0.05) is 20.3 Å². The molecule has 1 saturated heterocycles. The fourth-order valence-corrected chi connectivity index (χ4v) is 5.37. The molecule has 2 saturated carbocycles. The van der Waals surface area contributed by atoms with Crippen molar-refractivity contribution in [3.63, 3.8) is 0 Å². The average Bonchev–Trinajstić information content (AvgIpc) is 3.32. The number of Topliss-reactive ketones (excluding diaryl/α,β-unsaturated/α-hetero) is 1. The number of ketones is 1. The molecule has 0 aromatic rings. The predicted molar refractivity (Wildman–Crippen MR) is 144 cm³/mol. The van der Waals surface area contributed by atoms with Crippen LogP contribution in [0.1, 0.15) is 96.9 Å². The number of fused-ring (bicyclic) bond motifs is 1. The lowest BCUT2D eigenvalue weighted by molar-refractivity contribution is -0.144. The van der Waals surface area contributed by atoms with E-state index in [1.165, 1.54) is 0 Å². The van der Waals surface area contributed by atoms with Crippen molar-refractivity contribution in [1.29, 1.82) is 0 Å². The lowest BCUT2D eigenvalue weighted by Gasteiger charge is -2.36. The Labute approximate surface area is 236 Å². The van der Waals surface area contributed by atoms with Gasteiger partial charge in [0.1, 0.15) is 12.1 Å². The molecule has 1 heterocycles. The van der Waals surface area contributed by atoms with Gasteiger partial charge in [-0.3, -0.25) is 19.2 Å². The zero-order valence-corrected chi connectivity index (χ0v) is 23.2. The van der Waals surface area contributed by atoms with Crippen LogP contribution in [0.5, 0.6) is 0 Å². The molecule has 5 amide bonds. The van der Waals surface area contributed by atoms with E-state index in [9.17, 15) is 24.0 Å². The van der Waals surface area contributed by atoms with Gasteiger partial charge in [-0.25, -0.2) is 4.79 Å². The Bertz CT molecular complexity index is 1210. The Morgan fingerprint density at radius 3 is 2.18 bits per heavy atom. The third-order valence-corrected chi connectivity index (χ3v) is 7.45. The second-order valence-corrected chi connectivity index (χ2v) is 13.3. The molecule has 3 fully saturated rings. The van der Waals surface area contributed by atoms with Crippen molar-refractivity contribution in [1.82, 2.24) is 20.9 Å². The summed E-state index contributed by atoms with van der Waals surface area (Å²) in [5.41, 5.74) is 1.73. The molecule has 0 aromatic heterocycles. The maximum absolute atomic E-state index is 14.2. The normalized spacial score (nSPS) is 30.1. The number of likely N-dealkylation sites (tertiary alicyclic amines) is 1. The van der Waals surface area contributed by atoms with E-state index in [0.717, 1.165) is 11.3 Å². The predicted octanol–water partition coefficient (Wildman–Crippen LogP) is 2.10. The summed E-state index contributed by atoms with van der Waals surface area (Å²) in [6.07, 6.45) is 2.01. The number of piperidine rings is 1. The van der Waals surface area contributed by atoms with Gasteiger partial charge in [0.05, 0.1) is 7.39 Å². The van der Waals surface area contributed by atoms with Gasteiger partial charge in [-0.05, 0) is 62.2 Å². The van der Waals surface area contributed by atoms with Crippen molar-refractivity contribution < 1.29 is 33.6 Å². The maximum atomic E-state index is 14.2. The van der Waals surface area contributed by atoms with Crippen molar-refractivity contribution in [2.45, 2.75) is 111 Å². The largest absolute Gasteiger partial charge is 0.363 e. The number of urea groups is 1. The number of carbonyl (C=O) groups is 5. The molecule has 3 aliphatic rings. The minimum atomic E-state index is -3.05. The van der Waals surface area contributed by atoms with Crippen molar-refractivity contribution >= 4 is 29.5 Å². The maximum Gasteiger partial charge on any atom is 0.315 e. The van der Waals surface area contributed by atoms with Crippen LogP contribution in [0.25, 0.3) is 0 Å². The van der Waals surface area contributed by atoms with Crippen LogP contribution in [0.2, 0.25) is 0 Å². The summed E-state index contributed by atoms with van der Waals surface area (Å²) >= 11 is 0. The smallest absolute Gasteiger partial charge is 0.315 e. The van der Waals surface area contributed by atoms with E-state index in [2.05, 4.69) is 16.0 Å². The highest BCUT2D eigenvalue weighted by molar-refractivity contribution is 6.37. The number of carbonyl (C=O) groups excluding carboxylic acids is 5. The van der Waals surface area contributed by atoms with Crippen molar-refractivity contribution in [2.24, 2.45) is 34.3 Å². The van der Waals surface area contributed by atoms with Gasteiger partial charge >= 0.3 is 6.03 Å². The SMILES string of the molecule is [2H]C(CC1CCC1)(NC(=O)[C@@H]1[C@@H]2[C@H](CN1C(=O)[C@H](CC(C)(C)C)NC(=O)NC(C)(C)C)C2(C([2H])([2H])[2H])C([2H])([2H])[2H])C(=O)C(N)=O. The van der Waals surface area contributed by atoms with E-state index >= 15 is 0 Å². The third-order valence-electron chi connectivity index (χ3n) is 7.45. The second-order valence-electron chi connectivity index (χ2n) is 13.3. The van der Waals surface area contributed by atoms with Crippen molar-refractivity contribution in [3.8, 4) is 0 Å². The molecule has 214 valence electrons. The van der Waals surface area contributed by atoms with Crippen molar-refractivity contribution in [3.05, 3.63) is 0 Å². The standard InChI is InChI=1S/C28H47N5O5/c1-26(2,3)13-18(31-25(38)32-27(4,5)6)24(37)33-14-16-19(28(16,7)8)20(33)23(36)30-17(21(34)22(29)35)12-15-10-9-11-15/h15-20H,9-14H2,1-8H3,(H2,29,35)(H,30,36)(H2,31,32,38)/t16-,17?,18-,19-,20-/m0/s1/i7D3,8D3,17D. The van der Waals surface area contributed by atoms with E-state index in [1.807, 2.05) is 20.8 Å². The number of primary amides is 1. The van der Waals surface area contributed by atoms with Gasteiger partial charge in [-0.1, -0.05) is 53.7 Å².